The van der Waals surface area contributed by atoms with Crippen LogP contribution in [0.25, 0.3) is 0 Å². The zero-order chi connectivity index (χ0) is 9.23. The topological polar surface area (TPSA) is 21.3 Å². The Bertz CT molecular complexity index is 122. The van der Waals surface area contributed by atoms with E-state index < -0.39 is 0 Å². The third kappa shape index (κ3) is 6.21. The predicted molar refractivity (Wildman–Crippen MR) is 52.0 cm³/mol. The van der Waals surface area contributed by atoms with Gasteiger partial charge < -0.3 is 10.1 Å². The highest BCUT2D eigenvalue weighted by molar-refractivity contribution is 4.83. The van der Waals surface area contributed by atoms with E-state index in [0.717, 1.165) is 32.4 Å². The normalized spacial score (nSPS) is 12.4. The number of methoxy groups -OCH3 is 1. The molecule has 0 saturated carbocycles. The number of terminal acetylenes is 1. The second kappa shape index (κ2) is 8.58. The monoisotopic (exact) mass is 169 g/mol. The minimum absolute atomic E-state index is 0.466. The first-order valence-electron chi connectivity index (χ1n) is 4.50. The molecule has 2 nitrogen and oxygen atoms in total. The summed E-state index contributed by atoms with van der Waals surface area (Å²) in [5.74, 6) is 2.64. The molecular formula is C10H19NO. The third-order valence-electron chi connectivity index (χ3n) is 1.73. The van der Waals surface area contributed by atoms with Gasteiger partial charge in [-0.25, -0.2) is 0 Å². The van der Waals surface area contributed by atoms with Crippen molar-refractivity contribution in [2.75, 3.05) is 20.3 Å². The molecule has 0 saturated heterocycles. The first-order chi connectivity index (χ1) is 5.85. The summed E-state index contributed by atoms with van der Waals surface area (Å²) in [5, 5.41) is 3.35. The van der Waals surface area contributed by atoms with Crippen LogP contribution in [-0.4, -0.2) is 26.3 Å². The van der Waals surface area contributed by atoms with Crippen LogP contribution in [0.2, 0.25) is 0 Å². The van der Waals surface area contributed by atoms with E-state index in [4.69, 9.17) is 11.2 Å². The van der Waals surface area contributed by atoms with Crippen LogP contribution in [0.5, 0.6) is 0 Å². The lowest BCUT2D eigenvalue weighted by Crippen LogP contribution is -2.32. The van der Waals surface area contributed by atoms with Gasteiger partial charge in [0.15, 0.2) is 0 Å². The fourth-order valence-corrected chi connectivity index (χ4v) is 1.18. The van der Waals surface area contributed by atoms with Crippen molar-refractivity contribution in [2.45, 2.75) is 32.2 Å². The Morgan fingerprint density at radius 3 is 2.83 bits per heavy atom. The van der Waals surface area contributed by atoms with Crippen LogP contribution in [0.1, 0.15) is 26.2 Å². The number of hydrogen-bond acceptors (Lipinski definition) is 2. The van der Waals surface area contributed by atoms with Crippen molar-refractivity contribution in [3.05, 3.63) is 0 Å². The summed E-state index contributed by atoms with van der Waals surface area (Å²) >= 11 is 0. The molecule has 0 aromatic heterocycles. The second-order valence-electron chi connectivity index (χ2n) is 2.81. The lowest BCUT2D eigenvalue weighted by Gasteiger charge is -2.15. The van der Waals surface area contributed by atoms with Gasteiger partial charge in [-0.2, -0.15) is 0 Å². The van der Waals surface area contributed by atoms with Gasteiger partial charge in [0.25, 0.3) is 0 Å². The first kappa shape index (κ1) is 11.5. The number of hydrogen-bond donors (Lipinski definition) is 1. The van der Waals surface area contributed by atoms with Gasteiger partial charge in [0.1, 0.15) is 0 Å². The summed E-state index contributed by atoms with van der Waals surface area (Å²) < 4.78 is 5.07. The summed E-state index contributed by atoms with van der Waals surface area (Å²) in [6.07, 6.45) is 8.21. The molecule has 0 aromatic carbocycles. The van der Waals surface area contributed by atoms with Gasteiger partial charge in [0.05, 0.1) is 6.61 Å². The molecule has 0 heterocycles. The van der Waals surface area contributed by atoms with Crippen LogP contribution >= 0.6 is 0 Å². The zero-order valence-corrected chi connectivity index (χ0v) is 8.10. The van der Waals surface area contributed by atoms with Crippen LogP contribution in [0, 0.1) is 12.3 Å². The third-order valence-corrected chi connectivity index (χ3v) is 1.73. The van der Waals surface area contributed by atoms with Crippen molar-refractivity contribution in [2.24, 2.45) is 0 Å². The molecule has 12 heavy (non-hydrogen) atoms. The summed E-state index contributed by atoms with van der Waals surface area (Å²) in [7, 11) is 1.73. The minimum Gasteiger partial charge on any atom is -0.383 e. The summed E-state index contributed by atoms with van der Waals surface area (Å²) in [6, 6.07) is 0.466. The van der Waals surface area contributed by atoms with Gasteiger partial charge in [-0.1, -0.05) is 6.92 Å². The van der Waals surface area contributed by atoms with Gasteiger partial charge in [-0.05, 0) is 19.4 Å². The van der Waals surface area contributed by atoms with Crippen LogP contribution in [-0.2, 0) is 4.74 Å². The molecule has 0 aliphatic rings. The van der Waals surface area contributed by atoms with Crippen LogP contribution in [0.4, 0.5) is 0 Å². The second-order valence-corrected chi connectivity index (χ2v) is 2.81. The maximum Gasteiger partial charge on any atom is 0.0615 e. The molecule has 1 unspecified atom stereocenters. The fraction of sp³-hybridized carbons (Fsp3) is 0.800. The molecule has 0 radical (unpaired) electrons. The van der Waals surface area contributed by atoms with Crippen LogP contribution < -0.4 is 5.32 Å². The lowest BCUT2D eigenvalue weighted by atomic mass is 10.1. The number of nitrogens with one attached hydrogen (secondary N) is 1. The van der Waals surface area contributed by atoms with Crippen molar-refractivity contribution < 1.29 is 4.74 Å². The molecule has 0 bridgehead atoms. The average molecular weight is 169 g/mol. The lowest BCUT2D eigenvalue weighted by molar-refractivity contribution is 0.162. The molecule has 0 aromatic rings. The Labute approximate surface area is 75.7 Å². The average Bonchev–Trinajstić information content (AvgIpc) is 2.06. The van der Waals surface area contributed by atoms with E-state index in [1.807, 2.05) is 0 Å². The SMILES string of the molecule is C#CCCCC(COC)NCC. The van der Waals surface area contributed by atoms with Crippen molar-refractivity contribution in [1.29, 1.82) is 0 Å². The van der Waals surface area contributed by atoms with E-state index in [-0.39, 0.29) is 0 Å². The molecular weight excluding hydrogens is 150 g/mol. The molecule has 0 amide bonds. The first-order valence-corrected chi connectivity index (χ1v) is 4.50. The molecule has 0 rings (SSSR count). The number of unbranched alkanes of at least 4 members (excludes halogenated alkanes) is 1. The number of ether oxygens (including phenoxy) is 1. The smallest absolute Gasteiger partial charge is 0.0615 e. The Morgan fingerprint density at radius 1 is 1.58 bits per heavy atom. The van der Waals surface area contributed by atoms with E-state index >= 15 is 0 Å². The molecule has 70 valence electrons. The maximum atomic E-state index is 5.16. The Balaban J connectivity index is 3.42. The standard InChI is InChI=1S/C10H19NO/c1-4-6-7-8-10(9-12-3)11-5-2/h1,10-11H,5-9H2,2-3H3. The Morgan fingerprint density at radius 2 is 2.33 bits per heavy atom. The van der Waals surface area contributed by atoms with Gasteiger partial charge in [-0.3, -0.25) is 0 Å². The van der Waals surface area contributed by atoms with Crippen molar-refractivity contribution in [3.63, 3.8) is 0 Å². The predicted octanol–water partition coefficient (Wildman–Crippen LogP) is 1.41. The molecule has 2 heteroatoms. The maximum absolute atomic E-state index is 5.16. The quantitative estimate of drug-likeness (QED) is 0.459. The summed E-state index contributed by atoms with van der Waals surface area (Å²) in [6.45, 7) is 3.87. The fourth-order valence-electron chi connectivity index (χ4n) is 1.18. The van der Waals surface area contributed by atoms with E-state index in [1.165, 1.54) is 0 Å². The molecule has 0 aliphatic carbocycles. The van der Waals surface area contributed by atoms with Crippen molar-refractivity contribution in [1.82, 2.24) is 5.32 Å². The summed E-state index contributed by atoms with van der Waals surface area (Å²) in [4.78, 5) is 0. The zero-order valence-electron chi connectivity index (χ0n) is 8.10. The molecule has 0 aliphatic heterocycles. The van der Waals surface area contributed by atoms with Gasteiger partial charge in [-0.15, -0.1) is 12.3 Å². The highest BCUT2D eigenvalue weighted by Crippen LogP contribution is 2.00. The highest BCUT2D eigenvalue weighted by Gasteiger charge is 2.04. The van der Waals surface area contributed by atoms with E-state index in [0.29, 0.717) is 6.04 Å². The summed E-state index contributed by atoms with van der Waals surface area (Å²) in [5.41, 5.74) is 0. The minimum atomic E-state index is 0.466. The molecule has 0 spiro atoms. The van der Waals surface area contributed by atoms with Crippen molar-refractivity contribution >= 4 is 0 Å². The molecule has 0 fully saturated rings. The van der Waals surface area contributed by atoms with Gasteiger partial charge in [0.2, 0.25) is 0 Å². The van der Waals surface area contributed by atoms with E-state index in [1.54, 1.807) is 7.11 Å². The number of rotatable bonds is 7. The van der Waals surface area contributed by atoms with Gasteiger partial charge in [0, 0.05) is 19.6 Å². The largest absolute Gasteiger partial charge is 0.383 e. The molecule has 1 N–H and O–H groups in total. The van der Waals surface area contributed by atoms with Gasteiger partial charge >= 0.3 is 0 Å². The van der Waals surface area contributed by atoms with Crippen LogP contribution in [0.3, 0.4) is 0 Å². The van der Waals surface area contributed by atoms with Crippen LogP contribution in [0.15, 0.2) is 0 Å². The number of likely N-dealkylation sites (N-methyl/N-ethyl adjacent to an activating group) is 1. The van der Waals surface area contributed by atoms with E-state index in [9.17, 15) is 0 Å². The van der Waals surface area contributed by atoms with Crippen molar-refractivity contribution in [3.8, 4) is 12.3 Å². The van der Waals surface area contributed by atoms with E-state index in [2.05, 4.69) is 18.2 Å². The highest BCUT2D eigenvalue weighted by atomic mass is 16.5. The molecule has 1 atom stereocenters. The Hall–Kier alpha value is -0.520. The Kier molecular flexibility index (Phi) is 8.20.